The van der Waals surface area contributed by atoms with Crippen molar-refractivity contribution in [2.75, 3.05) is 11.1 Å². The molecule has 0 bridgehead atoms. The summed E-state index contributed by atoms with van der Waals surface area (Å²) in [6, 6.07) is 4.97. The molecule has 1 aromatic rings. The van der Waals surface area contributed by atoms with Gasteiger partial charge in [-0.2, -0.15) is 0 Å². The van der Waals surface area contributed by atoms with Crippen LogP contribution in [0, 0.1) is 0 Å². The van der Waals surface area contributed by atoms with E-state index in [1.54, 1.807) is 25.1 Å². The lowest BCUT2D eigenvalue weighted by Gasteiger charge is -2.18. The molecule has 106 valence electrons. The van der Waals surface area contributed by atoms with Crippen molar-refractivity contribution in [1.82, 2.24) is 0 Å². The van der Waals surface area contributed by atoms with E-state index in [0.29, 0.717) is 16.4 Å². The molecule has 3 N–H and O–H groups in total. The molecule has 0 aliphatic heterocycles. The molecule has 0 aromatic heterocycles. The fourth-order valence-electron chi connectivity index (χ4n) is 1.75. The van der Waals surface area contributed by atoms with Crippen LogP contribution < -0.4 is 11.1 Å². The van der Waals surface area contributed by atoms with Crippen molar-refractivity contribution >= 4 is 28.9 Å². The highest BCUT2D eigenvalue weighted by Crippen LogP contribution is 2.24. The van der Waals surface area contributed by atoms with Gasteiger partial charge in [0.2, 0.25) is 0 Å². The minimum atomic E-state index is -0.518. The quantitative estimate of drug-likeness (QED) is 0.786. The Kier molecular flexibility index (Phi) is 6.12. The molecule has 1 aromatic carbocycles. The van der Waals surface area contributed by atoms with E-state index in [0.717, 1.165) is 12.8 Å². The Morgan fingerprint density at radius 3 is 2.74 bits per heavy atom. The van der Waals surface area contributed by atoms with Crippen molar-refractivity contribution in [3.63, 3.8) is 0 Å². The second kappa shape index (κ2) is 7.36. The summed E-state index contributed by atoms with van der Waals surface area (Å²) in [5.74, 6) is -0.213. The molecule has 0 radical (unpaired) electrons. The highest BCUT2D eigenvalue weighted by molar-refractivity contribution is 6.34. The van der Waals surface area contributed by atoms with Crippen LogP contribution >= 0.6 is 11.6 Å². The fourth-order valence-corrected chi connectivity index (χ4v) is 1.99. The van der Waals surface area contributed by atoms with Crippen LogP contribution in [-0.2, 0) is 9.53 Å². The number of nitrogens with two attached hydrogens (primary N) is 1. The highest BCUT2D eigenvalue weighted by atomic mass is 35.5. The summed E-state index contributed by atoms with van der Waals surface area (Å²) in [6.07, 6.45) is 1.50. The monoisotopic (exact) mass is 284 g/mol. The van der Waals surface area contributed by atoms with Crippen molar-refractivity contribution in [2.45, 2.75) is 45.8 Å². The van der Waals surface area contributed by atoms with E-state index in [-0.39, 0.29) is 12.0 Å². The summed E-state index contributed by atoms with van der Waals surface area (Å²) < 4.78 is 5.61. The number of ether oxygens (including phenoxy) is 1. The van der Waals surface area contributed by atoms with E-state index in [2.05, 4.69) is 12.2 Å². The zero-order valence-corrected chi connectivity index (χ0v) is 12.3. The van der Waals surface area contributed by atoms with Crippen LogP contribution in [0.15, 0.2) is 18.2 Å². The summed E-state index contributed by atoms with van der Waals surface area (Å²) in [6.45, 7) is 5.77. The maximum atomic E-state index is 12.0. The third-order valence-corrected chi connectivity index (χ3v) is 3.06. The fraction of sp³-hybridized carbons (Fsp3) is 0.500. The van der Waals surface area contributed by atoms with E-state index in [1.807, 2.05) is 6.92 Å². The average Bonchev–Trinajstić information content (AvgIpc) is 2.32. The Bertz CT molecular complexity index is 437. The molecule has 0 fully saturated rings. The number of carbonyl (C=O) groups excluding carboxylic acids is 1. The number of nitrogen functional groups attached to an aromatic ring is 1. The van der Waals surface area contributed by atoms with Gasteiger partial charge in [0.25, 0.3) is 5.91 Å². The Hall–Kier alpha value is -1.26. The molecule has 0 saturated carbocycles. The number of amides is 1. The standard InChI is InChI=1S/C14H21ClN2O2/c1-4-5-9(2)19-10(3)14(18)17-13-7-6-11(16)8-12(13)15/h6-10H,4-5,16H2,1-3H3,(H,17,18). The number of anilines is 2. The number of hydrogen-bond acceptors (Lipinski definition) is 3. The van der Waals surface area contributed by atoms with Crippen LogP contribution in [0.25, 0.3) is 0 Å². The largest absolute Gasteiger partial charge is 0.399 e. The minimum absolute atomic E-state index is 0.0626. The lowest BCUT2D eigenvalue weighted by molar-refractivity contribution is -0.129. The Morgan fingerprint density at radius 1 is 1.47 bits per heavy atom. The molecular formula is C14H21ClN2O2. The molecule has 0 aliphatic carbocycles. The lowest BCUT2D eigenvalue weighted by atomic mass is 10.2. The number of nitrogens with one attached hydrogen (secondary N) is 1. The van der Waals surface area contributed by atoms with Gasteiger partial charge in [0.05, 0.1) is 16.8 Å². The highest BCUT2D eigenvalue weighted by Gasteiger charge is 2.17. The van der Waals surface area contributed by atoms with Gasteiger partial charge in [-0.25, -0.2) is 0 Å². The molecule has 19 heavy (non-hydrogen) atoms. The summed E-state index contributed by atoms with van der Waals surface area (Å²) in [4.78, 5) is 12.0. The summed E-state index contributed by atoms with van der Waals surface area (Å²) in [5, 5.41) is 3.15. The Balaban J connectivity index is 2.58. The minimum Gasteiger partial charge on any atom is -0.399 e. The average molecular weight is 285 g/mol. The number of carbonyl (C=O) groups is 1. The van der Waals surface area contributed by atoms with Crippen LogP contribution in [0.5, 0.6) is 0 Å². The third kappa shape index (κ3) is 5.09. The molecule has 1 rings (SSSR count). The summed E-state index contributed by atoms with van der Waals surface area (Å²) in [7, 11) is 0. The van der Waals surface area contributed by atoms with Crippen molar-refractivity contribution < 1.29 is 9.53 Å². The number of halogens is 1. The van der Waals surface area contributed by atoms with Gasteiger partial charge in [0.15, 0.2) is 0 Å². The van der Waals surface area contributed by atoms with E-state index in [1.165, 1.54) is 0 Å². The number of rotatable bonds is 6. The van der Waals surface area contributed by atoms with Gasteiger partial charge < -0.3 is 15.8 Å². The van der Waals surface area contributed by atoms with Gasteiger partial charge in [-0.05, 0) is 38.5 Å². The second-order valence-corrected chi connectivity index (χ2v) is 5.01. The Labute approximate surface area is 119 Å². The normalized spacial score (nSPS) is 13.9. The van der Waals surface area contributed by atoms with Crippen LogP contribution in [0.4, 0.5) is 11.4 Å². The molecule has 4 nitrogen and oxygen atoms in total. The second-order valence-electron chi connectivity index (χ2n) is 4.61. The molecule has 0 aliphatic rings. The Morgan fingerprint density at radius 2 is 2.16 bits per heavy atom. The first-order valence-electron chi connectivity index (χ1n) is 6.45. The molecule has 2 atom stereocenters. The van der Waals surface area contributed by atoms with Crippen LogP contribution in [-0.4, -0.2) is 18.1 Å². The van der Waals surface area contributed by atoms with Crippen molar-refractivity contribution in [1.29, 1.82) is 0 Å². The lowest BCUT2D eigenvalue weighted by Crippen LogP contribution is -2.30. The van der Waals surface area contributed by atoms with Crippen LogP contribution in [0.3, 0.4) is 0 Å². The molecular weight excluding hydrogens is 264 g/mol. The van der Waals surface area contributed by atoms with Gasteiger partial charge >= 0.3 is 0 Å². The van der Waals surface area contributed by atoms with E-state index in [9.17, 15) is 4.79 Å². The molecule has 0 spiro atoms. The van der Waals surface area contributed by atoms with Crippen molar-refractivity contribution in [3.8, 4) is 0 Å². The molecule has 0 saturated heterocycles. The summed E-state index contributed by atoms with van der Waals surface area (Å²) in [5.41, 5.74) is 6.70. The number of hydrogen-bond donors (Lipinski definition) is 2. The third-order valence-electron chi connectivity index (χ3n) is 2.75. The smallest absolute Gasteiger partial charge is 0.253 e. The van der Waals surface area contributed by atoms with E-state index < -0.39 is 6.10 Å². The first-order valence-corrected chi connectivity index (χ1v) is 6.83. The molecule has 2 unspecified atom stereocenters. The van der Waals surface area contributed by atoms with Gasteiger partial charge in [-0.3, -0.25) is 4.79 Å². The zero-order chi connectivity index (χ0) is 14.4. The van der Waals surface area contributed by atoms with Crippen LogP contribution in [0.2, 0.25) is 5.02 Å². The van der Waals surface area contributed by atoms with Crippen LogP contribution in [0.1, 0.15) is 33.6 Å². The first kappa shape index (κ1) is 15.8. The molecule has 1 amide bonds. The van der Waals surface area contributed by atoms with Gasteiger partial charge in [-0.1, -0.05) is 24.9 Å². The topological polar surface area (TPSA) is 64.3 Å². The number of benzene rings is 1. The predicted molar refractivity (Wildman–Crippen MR) is 79.4 cm³/mol. The van der Waals surface area contributed by atoms with Gasteiger partial charge in [-0.15, -0.1) is 0 Å². The first-order chi connectivity index (χ1) is 8.93. The molecule has 5 heteroatoms. The zero-order valence-electron chi connectivity index (χ0n) is 11.6. The van der Waals surface area contributed by atoms with Crippen molar-refractivity contribution in [2.24, 2.45) is 0 Å². The molecule has 0 heterocycles. The van der Waals surface area contributed by atoms with Gasteiger partial charge in [0, 0.05) is 5.69 Å². The van der Waals surface area contributed by atoms with E-state index in [4.69, 9.17) is 22.1 Å². The maximum Gasteiger partial charge on any atom is 0.253 e. The maximum absolute atomic E-state index is 12.0. The van der Waals surface area contributed by atoms with Gasteiger partial charge in [0.1, 0.15) is 6.10 Å². The van der Waals surface area contributed by atoms with E-state index >= 15 is 0 Å². The van der Waals surface area contributed by atoms with Crippen molar-refractivity contribution in [3.05, 3.63) is 23.2 Å². The predicted octanol–water partition coefficient (Wildman–Crippen LogP) is 3.45. The summed E-state index contributed by atoms with van der Waals surface area (Å²) >= 11 is 6.00. The SMILES string of the molecule is CCCC(C)OC(C)C(=O)Nc1ccc(N)cc1Cl.